The first-order chi connectivity index (χ1) is 25.9. The van der Waals surface area contributed by atoms with Gasteiger partial charge in [0.15, 0.2) is 0 Å². The van der Waals surface area contributed by atoms with E-state index in [0.717, 1.165) is 11.4 Å². The van der Waals surface area contributed by atoms with E-state index in [2.05, 4.69) is 211 Å². The van der Waals surface area contributed by atoms with Crippen molar-refractivity contribution in [3.8, 4) is 22.3 Å². The van der Waals surface area contributed by atoms with E-state index >= 15 is 0 Å². The molecule has 0 bridgehead atoms. The molecule has 7 aromatic rings. The number of hydrogen-bond acceptors (Lipinski definition) is 2. The second-order valence-corrected chi connectivity index (χ2v) is 16.5. The smallest absolute Gasteiger partial charge is 0.0467 e. The molecule has 0 radical (unpaired) electrons. The number of fused-ring (bicyclic) bond motifs is 7. The van der Waals surface area contributed by atoms with Gasteiger partial charge in [-0.05, 0) is 156 Å². The number of hydrogen-bond donors (Lipinski definition) is 0. The van der Waals surface area contributed by atoms with Crippen molar-refractivity contribution >= 4 is 34.1 Å². The molecule has 266 valence electrons. The lowest BCUT2D eigenvalue weighted by atomic mass is 9.72. The molecule has 0 heterocycles. The molecule has 0 aliphatic heterocycles. The van der Waals surface area contributed by atoms with Crippen LogP contribution in [0.3, 0.4) is 0 Å². The van der Waals surface area contributed by atoms with Gasteiger partial charge in [-0.25, -0.2) is 0 Å². The van der Waals surface area contributed by atoms with E-state index in [-0.39, 0.29) is 10.8 Å². The summed E-state index contributed by atoms with van der Waals surface area (Å²) in [5, 5.41) is 0. The van der Waals surface area contributed by atoms with E-state index in [1.165, 1.54) is 89.5 Å². The first-order valence-corrected chi connectivity index (χ1v) is 19.3. The SMILES string of the molecule is Cc1ccc(N(c2ccccc2)c2cc(C)c3c(c2)C(C)(C)c2c-3ccc3c2C(C)(C)c2cc(N(c4ccccc4)c4ccc(C)cc4)cc(C)c2-3)cc1. The Morgan fingerprint density at radius 1 is 0.352 bits per heavy atom. The largest absolute Gasteiger partial charge is 0.310 e. The Hall–Kier alpha value is -5.86. The minimum Gasteiger partial charge on any atom is -0.310 e. The molecule has 0 fully saturated rings. The predicted molar refractivity (Wildman–Crippen MR) is 230 cm³/mol. The Morgan fingerprint density at radius 3 is 1.04 bits per heavy atom. The van der Waals surface area contributed by atoms with Crippen LogP contribution in [0.1, 0.15) is 72.2 Å². The molecule has 0 N–H and O–H groups in total. The van der Waals surface area contributed by atoms with Crippen molar-refractivity contribution < 1.29 is 0 Å². The summed E-state index contributed by atoms with van der Waals surface area (Å²) in [6.45, 7) is 18.7. The zero-order valence-electron chi connectivity index (χ0n) is 32.8. The summed E-state index contributed by atoms with van der Waals surface area (Å²) in [6.07, 6.45) is 0. The molecular formula is C52H48N2. The fourth-order valence-electron chi connectivity index (χ4n) is 9.52. The second kappa shape index (κ2) is 12.4. The summed E-state index contributed by atoms with van der Waals surface area (Å²) in [6, 6.07) is 53.9. The minimum absolute atomic E-state index is 0.208. The summed E-state index contributed by atoms with van der Waals surface area (Å²) in [7, 11) is 0. The fraction of sp³-hybridized carbons (Fsp3) is 0.192. The number of nitrogens with zero attached hydrogens (tertiary/aromatic N) is 2. The van der Waals surface area contributed by atoms with Crippen molar-refractivity contribution in [1.82, 2.24) is 0 Å². The lowest BCUT2D eigenvalue weighted by molar-refractivity contribution is 0.601. The molecule has 0 unspecified atom stereocenters. The van der Waals surface area contributed by atoms with Crippen molar-refractivity contribution in [2.45, 2.75) is 66.2 Å². The number of aryl methyl sites for hydroxylation is 4. The Bertz CT molecular complexity index is 2380. The fourth-order valence-corrected chi connectivity index (χ4v) is 9.52. The molecule has 7 aromatic carbocycles. The molecule has 2 aliphatic carbocycles. The van der Waals surface area contributed by atoms with Crippen LogP contribution < -0.4 is 9.80 Å². The number of anilines is 6. The van der Waals surface area contributed by atoms with Gasteiger partial charge in [-0.3, -0.25) is 0 Å². The average molecular weight is 701 g/mol. The summed E-state index contributed by atoms with van der Waals surface area (Å²) < 4.78 is 0. The molecule has 0 saturated heterocycles. The minimum atomic E-state index is -0.208. The Labute approximate surface area is 321 Å². The highest BCUT2D eigenvalue weighted by molar-refractivity contribution is 5.95. The lowest BCUT2D eigenvalue weighted by Gasteiger charge is -2.32. The molecule has 0 aromatic heterocycles. The van der Waals surface area contributed by atoms with Crippen LogP contribution in [-0.2, 0) is 10.8 Å². The van der Waals surface area contributed by atoms with Gasteiger partial charge in [-0.1, -0.05) is 112 Å². The summed E-state index contributed by atoms with van der Waals surface area (Å²) >= 11 is 0. The van der Waals surface area contributed by atoms with E-state index in [1.807, 2.05) is 0 Å². The van der Waals surface area contributed by atoms with Crippen LogP contribution in [0.15, 0.2) is 146 Å². The third-order valence-corrected chi connectivity index (χ3v) is 12.1. The van der Waals surface area contributed by atoms with Crippen molar-refractivity contribution in [1.29, 1.82) is 0 Å². The zero-order chi connectivity index (χ0) is 37.5. The molecular weight excluding hydrogens is 653 g/mol. The van der Waals surface area contributed by atoms with Crippen LogP contribution in [0.5, 0.6) is 0 Å². The van der Waals surface area contributed by atoms with E-state index < -0.39 is 0 Å². The number of rotatable bonds is 6. The quantitative estimate of drug-likeness (QED) is 0.170. The average Bonchev–Trinajstić information content (AvgIpc) is 3.54. The maximum Gasteiger partial charge on any atom is 0.0467 e. The first kappa shape index (κ1) is 33.9. The summed E-state index contributed by atoms with van der Waals surface area (Å²) in [5.74, 6) is 0. The number of para-hydroxylation sites is 2. The van der Waals surface area contributed by atoms with E-state index in [0.29, 0.717) is 0 Å². The zero-order valence-corrected chi connectivity index (χ0v) is 32.8. The van der Waals surface area contributed by atoms with Gasteiger partial charge in [-0.15, -0.1) is 0 Å². The number of benzene rings is 7. The normalized spacial score (nSPS) is 14.2. The molecule has 2 nitrogen and oxygen atoms in total. The third kappa shape index (κ3) is 5.15. The van der Waals surface area contributed by atoms with Gasteiger partial charge in [0.2, 0.25) is 0 Å². The summed E-state index contributed by atoms with van der Waals surface area (Å²) in [4.78, 5) is 4.82. The molecule has 2 heteroatoms. The topological polar surface area (TPSA) is 6.48 Å². The molecule has 9 rings (SSSR count). The van der Waals surface area contributed by atoms with Gasteiger partial charge in [0.25, 0.3) is 0 Å². The van der Waals surface area contributed by atoms with Crippen LogP contribution in [0.4, 0.5) is 34.1 Å². The maximum atomic E-state index is 2.47. The van der Waals surface area contributed by atoms with E-state index in [9.17, 15) is 0 Å². The Morgan fingerprint density at radius 2 is 0.685 bits per heavy atom. The van der Waals surface area contributed by atoms with E-state index in [4.69, 9.17) is 0 Å². The van der Waals surface area contributed by atoms with Gasteiger partial charge in [-0.2, -0.15) is 0 Å². The van der Waals surface area contributed by atoms with Gasteiger partial charge in [0.1, 0.15) is 0 Å². The second-order valence-electron chi connectivity index (χ2n) is 16.5. The van der Waals surface area contributed by atoms with Crippen LogP contribution in [0.25, 0.3) is 22.3 Å². The monoisotopic (exact) mass is 700 g/mol. The third-order valence-electron chi connectivity index (χ3n) is 12.1. The highest BCUT2D eigenvalue weighted by atomic mass is 15.1. The van der Waals surface area contributed by atoms with Gasteiger partial charge in [0.05, 0.1) is 0 Å². The molecule has 0 spiro atoms. The van der Waals surface area contributed by atoms with Crippen LogP contribution in [-0.4, -0.2) is 0 Å². The van der Waals surface area contributed by atoms with Crippen LogP contribution in [0, 0.1) is 27.7 Å². The van der Waals surface area contributed by atoms with Crippen molar-refractivity contribution in [2.24, 2.45) is 0 Å². The van der Waals surface area contributed by atoms with Crippen molar-refractivity contribution in [2.75, 3.05) is 9.80 Å². The Kier molecular flexibility index (Phi) is 7.76. The molecule has 2 aliphatic rings. The molecule has 0 amide bonds. The summed E-state index contributed by atoms with van der Waals surface area (Å²) in [5.41, 5.74) is 23.0. The highest BCUT2D eigenvalue weighted by Gasteiger charge is 2.47. The predicted octanol–water partition coefficient (Wildman–Crippen LogP) is 14.5. The van der Waals surface area contributed by atoms with Gasteiger partial charge >= 0.3 is 0 Å². The maximum absolute atomic E-state index is 2.47. The standard InChI is InChI=1S/C52H48N2/c1-33-19-23-39(24-20-33)53(37-15-11-9-12-16-37)41-29-35(3)47-43-27-28-44-48-36(4)30-42(54(38-17-13-10-14-18-38)40-25-21-34(2)22-26-40)32-46(48)52(7,8)50(44)49(43)51(5,6)45(47)31-41/h9-32H,1-8H3. The van der Waals surface area contributed by atoms with Crippen molar-refractivity contribution in [3.63, 3.8) is 0 Å². The lowest BCUT2D eigenvalue weighted by Crippen LogP contribution is -2.24. The molecule has 0 atom stereocenters. The molecule has 0 saturated carbocycles. The van der Waals surface area contributed by atoms with Crippen LogP contribution in [0.2, 0.25) is 0 Å². The van der Waals surface area contributed by atoms with Gasteiger partial charge < -0.3 is 9.80 Å². The first-order valence-electron chi connectivity index (χ1n) is 19.3. The molecule has 54 heavy (non-hydrogen) atoms. The van der Waals surface area contributed by atoms with E-state index in [1.54, 1.807) is 0 Å². The van der Waals surface area contributed by atoms with Gasteiger partial charge in [0, 0.05) is 45.0 Å². The Balaban J connectivity index is 1.20. The van der Waals surface area contributed by atoms with Crippen LogP contribution >= 0.6 is 0 Å². The highest BCUT2D eigenvalue weighted by Crippen LogP contribution is 2.61. The van der Waals surface area contributed by atoms with Crippen molar-refractivity contribution in [3.05, 3.63) is 190 Å².